The minimum Gasteiger partial charge on any atom is -0.348 e. The van der Waals surface area contributed by atoms with Crippen LogP contribution in [0.5, 0.6) is 0 Å². The lowest BCUT2D eigenvalue weighted by Gasteiger charge is -2.42. The molecule has 1 saturated heterocycles. The third-order valence-electron chi connectivity index (χ3n) is 5.16. The van der Waals surface area contributed by atoms with Gasteiger partial charge in [-0.15, -0.1) is 37.2 Å². The number of hydrogen-bond donors (Lipinski definition) is 2. The number of piperazine rings is 1. The van der Waals surface area contributed by atoms with Crippen molar-refractivity contribution in [2.75, 3.05) is 26.2 Å². The molecule has 1 aliphatic carbocycles. The van der Waals surface area contributed by atoms with Crippen LogP contribution in [0.3, 0.4) is 0 Å². The van der Waals surface area contributed by atoms with E-state index < -0.39 is 0 Å². The third kappa shape index (κ3) is 6.00. The second-order valence-corrected chi connectivity index (χ2v) is 6.94. The Kier molecular flexibility index (Phi) is 10.4. The van der Waals surface area contributed by atoms with Crippen molar-refractivity contribution in [3.8, 4) is 0 Å². The molecule has 2 fully saturated rings. The summed E-state index contributed by atoms with van der Waals surface area (Å²) < 4.78 is 0. The van der Waals surface area contributed by atoms with E-state index >= 15 is 0 Å². The number of nitrogens with zero attached hydrogens (tertiary/aromatic N) is 3. The highest BCUT2D eigenvalue weighted by molar-refractivity contribution is 5.86. The number of nitrogens with one attached hydrogen (secondary N) is 1. The highest BCUT2D eigenvalue weighted by Gasteiger charge is 2.40. The molecule has 9 heteroatoms. The number of aromatic amines is 1. The zero-order chi connectivity index (χ0) is 15.6. The first-order chi connectivity index (χ1) is 10.6. The van der Waals surface area contributed by atoms with Gasteiger partial charge < -0.3 is 15.6 Å². The van der Waals surface area contributed by atoms with Crippen molar-refractivity contribution in [3.63, 3.8) is 0 Å². The molecule has 1 aromatic heterocycles. The molecule has 1 saturated carbocycles. The van der Waals surface area contributed by atoms with Crippen LogP contribution in [-0.4, -0.2) is 57.4 Å². The first-order valence-corrected chi connectivity index (χ1v) is 8.34. The van der Waals surface area contributed by atoms with Crippen LogP contribution in [0.25, 0.3) is 0 Å². The lowest BCUT2D eigenvalue weighted by molar-refractivity contribution is -0.140. The van der Waals surface area contributed by atoms with Crippen LogP contribution in [0, 0.1) is 5.92 Å². The smallest absolute Gasteiger partial charge is 0.227 e. The molecule has 0 bridgehead atoms. The van der Waals surface area contributed by atoms with Crippen LogP contribution >= 0.6 is 37.2 Å². The third-order valence-corrected chi connectivity index (χ3v) is 5.16. The number of hydrogen-bond acceptors (Lipinski definition) is 4. The highest BCUT2D eigenvalue weighted by atomic mass is 35.5. The van der Waals surface area contributed by atoms with E-state index in [1.54, 1.807) is 6.20 Å². The van der Waals surface area contributed by atoms with E-state index in [0.29, 0.717) is 0 Å². The first kappa shape index (κ1) is 24.5. The van der Waals surface area contributed by atoms with E-state index in [2.05, 4.69) is 14.9 Å². The zero-order valence-corrected chi connectivity index (χ0v) is 17.1. The number of rotatable bonds is 3. The Morgan fingerprint density at radius 1 is 1.28 bits per heavy atom. The average molecular weight is 415 g/mol. The topological polar surface area (TPSA) is 78.2 Å². The maximum Gasteiger partial charge on any atom is 0.227 e. The van der Waals surface area contributed by atoms with Gasteiger partial charge in [0, 0.05) is 44.1 Å². The SMILES string of the molecule is CC1(N)CCCCC1C(=O)N1CCN(Cc2ncc[nH]2)CC1.Cl.Cl.Cl. The molecule has 2 atom stereocenters. The fourth-order valence-electron chi connectivity index (χ4n) is 3.71. The van der Waals surface area contributed by atoms with Gasteiger partial charge in [-0.25, -0.2) is 4.98 Å². The monoisotopic (exact) mass is 413 g/mol. The van der Waals surface area contributed by atoms with E-state index in [0.717, 1.165) is 64.2 Å². The van der Waals surface area contributed by atoms with Crippen molar-refractivity contribution in [1.82, 2.24) is 19.8 Å². The molecule has 3 N–H and O–H groups in total. The molecule has 6 nitrogen and oxygen atoms in total. The van der Waals surface area contributed by atoms with Gasteiger partial charge in [-0.05, 0) is 19.8 Å². The van der Waals surface area contributed by atoms with Gasteiger partial charge in [0.1, 0.15) is 5.82 Å². The number of imidazole rings is 1. The van der Waals surface area contributed by atoms with Crippen LogP contribution in [-0.2, 0) is 11.3 Å². The summed E-state index contributed by atoms with van der Waals surface area (Å²) in [6, 6.07) is 0. The van der Waals surface area contributed by atoms with Gasteiger partial charge in [0.25, 0.3) is 0 Å². The van der Waals surface area contributed by atoms with Crippen LogP contribution in [0.1, 0.15) is 38.4 Å². The standard InChI is InChI=1S/C16H27N5O.3ClH/c1-16(17)5-3-2-4-13(16)15(22)21-10-8-20(9-11-21)12-14-18-6-7-19-14;;;/h6-7,13H,2-5,8-12,17H2,1H3,(H,18,19);3*1H. The molecule has 0 aromatic carbocycles. The second kappa shape index (κ2) is 10.6. The summed E-state index contributed by atoms with van der Waals surface area (Å²) in [5.74, 6) is 1.25. The number of amides is 1. The summed E-state index contributed by atoms with van der Waals surface area (Å²) in [7, 11) is 0. The number of carbonyl (C=O) groups excluding carboxylic acids is 1. The van der Waals surface area contributed by atoms with Crippen LogP contribution in [0.2, 0.25) is 0 Å². The van der Waals surface area contributed by atoms with Gasteiger partial charge in [-0.1, -0.05) is 12.8 Å². The second-order valence-electron chi connectivity index (χ2n) is 6.94. The van der Waals surface area contributed by atoms with Crippen molar-refractivity contribution in [2.24, 2.45) is 11.7 Å². The van der Waals surface area contributed by atoms with Gasteiger partial charge in [-0.3, -0.25) is 9.69 Å². The lowest BCUT2D eigenvalue weighted by Crippen LogP contribution is -2.57. The molecular weight excluding hydrogens is 385 g/mol. The molecule has 25 heavy (non-hydrogen) atoms. The van der Waals surface area contributed by atoms with Gasteiger partial charge in [-0.2, -0.15) is 0 Å². The van der Waals surface area contributed by atoms with Crippen molar-refractivity contribution < 1.29 is 4.79 Å². The van der Waals surface area contributed by atoms with E-state index in [4.69, 9.17) is 5.73 Å². The quantitative estimate of drug-likeness (QED) is 0.795. The Morgan fingerprint density at radius 2 is 1.96 bits per heavy atom. The first-order valence-electron chi connectivity index (χ1n) is 8.34. The summed E-state index contributed by atoms with van der Waals surface area (Å²) in [4.78, 5) is 24.5. The Labute approximate surface area is 168 Å². The molecule has 0 radical (unpaired) electrons. The van der Waals surface area contributed by atoms with Crippen molar-refractivity contribution in [2.45, 2.75) is 44.7 Å². The summed E-state index contributed by atoms with van der Waals surface area (Å²) in [5, 5.41) is 0. The summed E-state index contributed by atoms with van der Waals surface area (Å²) >= 11 is 0. The molecule has 0 spiro atoms. The Bertz CT molecular complexity index is 504. The number of aromatic nitrogens is 2. The van der Waals surface area contributed by atoms with Crippen LogP contribution in [0.15, 0.2) is 12.4 Å². The minimum absolute atomic E-state index is 0. The van der Waals surface area contributed by atoms with E-state index in [9.17, 15) is 4.79 Å². The average Bonchev–Trinajstić information content (AvgIpc) is 3.00. The van der Waals surface area contributed by atoms with Gasteiger partial charge in [0.2, 0.25) is 5.91 Å². The van der Waals surface area contributed by atoms with E-state index in [-0.39, 0.29) is 54.6 Å². The molecule has 146 valence electrons. The highest BCUT2D eigenvalue weighted by Crippen LogP contribution is 2.33. The largest absolute Gasteiger partial charge is 0.348 e. The maximum atomic E-state index is 12.8. The number of carbonyl (C=O) groups is 1. The molecule has 3 rings (SSSR count). The van der Waals surface area contributed by atoms with Crippen LogP contribution < -0.4 is 5.73 Å². The van der Waals surface area contributed by atoms with Crippen molar-refractivity contribution in [3.05, 3.63) is 18.2 Å². The molecule has 1 amide bonds. The minimum atomic E-state index is -0.333. The lowest BCUT2D eigenvalue weighted by atomic mass is 9.74. The molecule has 1 aliphatic heterocycles. The van der Waals surface area contributed by atoms with Crippen molar-refractivity contribution >= 4 is 43.1 Å². The zero-order valence-electron chi connectivity index (χ0n) is 14.6. The Balaban J connectivity index is 0.00000192. The molecule has 2 unspecified atom stereocenters. The Hall–Kier alpha value is -0.530. The Morgan fingerprint density at radius 3 is 2.52 bits per heavy atom. The molecular formula is C16H30Cl3N5O. The molecule has 2 aliphatic rings. The van der Waals surface area contributed by atoms with E-state index in [1.807, 2.05) is 18.0 Å². The van der Waals surface area contributed by atoms with E-state index in [1.165, 1.54) is 0 Å². The van der Waals surface area contributed by atoms with Gasteiger partial charge in [0.05, 0.1) is 12.5 Å². The molecule has 2 heterocycles. The van der Waals surface area contributed by atoms with Gasteiger partial charge >= 0.3 is 0 Å². The normalized spacial score (nSPS) is 26.8. The maximum absolute atomic E-state index is 12.8. The summed E-state index contributed by atoms with van der Waals surface area (Å²) in [6.07, 6.45) is 7.80. The number of halogens is 3. The summed E-state index contributed by atoms with van der Waals surface area (Å²) in [5.41, 5.74) is 6.04. The van der Waals surface area contributed by atoms with Crippen LogP contribution in [0.4, 0.5) is 0 Å². The fraction of sp³-hybridized carbons (Fsp3) is 0.750. The molecule has 1 aromatic rings. The number of H-pyrrole nitrogens is 1. The predicted octanol–water partition coefficient (Wildman–Crippen LogP) is 2.23. The summed E-state index contributed by atoms with van der Waals surface area (Å²) in [6.45, 7) is 6.27. The van der Waals surface area contributed by atoms with Gasteiger partial charge in [0.15, 0.2) is 0 Å². The number of nitrogens with two attached hydrogens (primary N) is 1. The predicted molar refractivity (Wildman–Crippen MR) is 107 cm³/mol. The van der Waals surface area contributed by atoms with Crippen molar-refractivity contribution in [1.29, 1.82) is 0 Å². The fourth-order valence-corrected chi connectivity index (χ4v) is 3.71.